The van der Waals surface area contributed by atoms with E-state index in [1.54, 1.807) is 31.2 Å². The number of carbonyl (C=O) groups is 1. The van der Waals surface area contributed by atoms with Gasteiger partial charge < -0.3 is 15.0 Å². The van der Waals surface area contributed by atoms with Crippen LogP contribution in [-0.4, -0.2) is 57.2 Å². The minimum absolute atomic E-state index is 0.325. The largest absolute Gasteiger partial charge is 0.479 e. The molecule has 1 heterocycles. The maximum Gasteiger partial charge on any atom is 0.265 e. The molecule has 1 fully saturated rings. The summed E-state index contributed by atoms with van der Waals surface area (Å²) in [4.78, 5) is 14.8. The molecule has 1 aliphatic rings. The second-order valence-corrected chi connectivity index (χ2v) is 9.82. The van der Waals surface area contributed by atoms with Crippen molar-refractivity contribution in [1.82, 2.24) is 4.31 Å². The highest BCUT2D eigenvalue weighted by Gasteiger charge is 2.25. The van der Waals surface area contributed by atoms with Crippen LogP contribution in [0.1, 0.15) is 6.92 Å². The predicted molar refractivity (Wildman–Crippen MR) is 120 cm³/mol. The normalized spacial score (nSPS) is 16.2. The van der Waals surface area contributed by atoms with Gasteiger partial charge in [0.15, 0.2) is 6.10 Å². The monoisotopic (exact) mass is 471 g/mol. The van der Waals surface area contributed by atoms with Gasteiger partial charge in [0.25, 0.3) is 5.91 Å². The standard InChI is InChI=1S/C20H23Cl2N3O4S/c1-14(29-19-8-7-15(21)13-16(19)22)20(26)23-17-5-3-4-6-18(17)24-9-11-25(12-10-24)30(2,27)28/h3-8,13-14H,9-12H2,1-2H3,(H,23,26)/t14-/m1/s1. The minimum atomic E-state index is -3.21. The molecule has 1 N–H and O–H groups in total. The van der Waals surface area contributed by atoms with Crippen molar-refractivity contribution in [2.45, 2.75) is 13.0 Å². The number of amides is 1. The van der Waals surface area contributed by atoms with Gasteiger partial charge in [0.05, 0.1) is 22.7 Å². The Bertz CT molecular complexity index is 1020. The van der Waals surface area contributed by atoms with Gasteiger partial charge in [-0.1, -0.05) is 35.3 Å². The highest BCUT2D eigenvalue weighted by Crippen LogP contribution is 2.30. The van der Waals surface area contributed by atoms with Crippen LogP contribution in [0.5, 0.6) is 5.75 Å². The van der Waals surface area contributed by atoms with E-state index < -0.39 is 16.1 Å². The number of para-hydroxylation sites is 2. The molecule has 1 aliphatic heterocycles. The Morgan fingerprint density at radius 3 is 2.40 bits per heavy atom. The summed E-state index contributed by atoms with van der Waals surface area (Å²) in [6.07, 6.45) is 0.421. The summed E-state index contributed by atoms with van der Waals surface area (Å²) >= 11 is 12.0. The molecule has 0 aliphatic carbocycles. The Kier molecular flexibility index (Phi) is 7.13. The summed E-state index contributed by atoms with van der Waals surface area (Å²) in [6, 6.07) is 12.2. The Morgan fingerprint density at radius 1 is 1.10 bits per heavy atom. The average molecular weight is 472 g/mol. The predicted octanol–water partition coefficient (Wildman–Crippen LogP) is 3.48. The molecule has 0 bridgehead atoms. The number of sulfonamides is 1. The van der Waals surface area contributed by atoms with Crippen LogP contribution in [0.3, 0.4) is 0 Å². The molecule has 0 unspecified atom stereocenters. The molecule has 0 spiro atoms. The first-order valence-corrected chi connectivity index (χ1v) is 12.0. The van der Waals surface area contributed by atoms with Gasteiger partial charge in [-0.25, -0.2) is 8.42 Å². The third kappa shape index (κ3) is 5.57. The van der Waals surface area contributed by atoms with Crippen LogP contribution in [0.15, 0.2) is 42.5 Å². The molecule has 1 atom stereocenters. The number of hydrogen-bond acceptors (Lipinski definition) is 5. The smallest absolute Gasteiger partial charge is 0.265 e. The van der Waals surface area contributed by atoms with Gasteiger partial charge in [0, 0.05) is 31.2 Å². The van der Waals surface area contributed by atoms with Crippen LogP contribution >= 0.6 is 23.2 Å². The van der Waals surface area contributed by atoms with Crippen molar-refractivity contribution < 1.29 is 17.9 Å². The zero-order chi connectivity index (χ0) is 21.9. The number of nitrogens with one attached hydrogen (secondary N) is 1. The Labute approximate surface area is 186 Å². The highest BCUT2D eigenvalue weighted by molar-refractivity contribution is 7.88. The Balaban J connectivity index is 1.68. The van der Waals surface area contributed by atoms with Gasteiger partial charge in [-0.3, -0.25) is 4.79 Å². The summed E-state index contributed by atoms with van der Waals surface area (Å²) < 4.78 is 30.6. The lowest BCUT2D eigenvalue weighted by Gasteiger charge is -2.35. The molecular weight excluding hydrogens is 449 g/mol. The first-order chi connectivity index (χ1) is 14.1. The molecule has 3 rings (SSSR count). The molecular formula is C20H23Cl2N3O4S. The van der Waals surface area contributed by atoms with Gasteiger partial charge in [-0.2, -0.15) is 4.31 Å². The van der Waals surface area contributed by atoms with E-state index in [9.17, 15) is 13.2 Å². The number of ether oxygens (including phenoxy) is 1. The molecule has 2 aromatic carbocycles. The SMILES string of the molecule is C[C@@H](Oc1ccc(Cl)cc1Cl)C(=O)Nc1ccccc1N1CCN(S(C)(=O)=O)CC1. The third-order valence-electron chi connectivity index (χ3n) is 4.78. The second kappa shape index (κ2) is 9.43. The fourth-order valence-electron chi connectivity index (χ4n) is 3.16. The van der Waals surface area contributed by atoms with Gasteiger partial charge >= 0.3 is 0 Å². The van der Waals surface area contributed by atoms with Crippen LogP contribution in [0.4, 0.5) is 11.4 Å². The fraction of sp³-hybridized carbons (Fsp3) is 0.350. The van der Waals surface area contributed by atoms with E-state index in [-0.39, 0.29) is 5.91 Å². The third-order valence-corrected chi connectivity index (χ3v) is 6.61. The Hall–Kier alpha value is -2.00. The maximum atomic E-state index is 12.7. The van der Waals surface area contributed by atoms with Crippen molar-refractivity contribution in [3.8, 4) is 5.75 Å². The number of benzene rings is 2. The van der Waals surface area contributed by atoms with Gasteiger partial charge in [-0.15, -0.1) is 0 Å². The zero-order valence-corrected chi connectivity index (χ0v) is 19.0. The van der Waals surface area contributed by atoms with Crippen molar-refractivity contribution in [2.75, 3.05) is 42.7 Å². The summed E-state index contributed by atoms with van der Waals surface area (Å²) in [5, 5.41) is 3.70. The summed E-state index contributed by atoms with van der Waals surface area (Å²) in [5.74, 6) is 0.0390. The molecule has 1 amide bonds. The molecule has 162 valence electrons. The van der Waals surface area contributed by atoms with E-state index in [0.29, 0.717) is 47.7 Å². The highest BCUT2D eigenvalue weighted by atomic mass is 35.5. The molecule has 10 heteroatoms. The van der Waals surface area contributed by atoms with E-state index in [4.69, 9.17) is 27.9 Å². The summed E-state index contributed by atoms with van der Waals surface area (Å²) in [6.45, 7) is 3.50. The molecule has 7 nitrogen and oxygen atoms in total. The average Bonchev–Trinajstić information content (AvgIpc) is 2.70. The Morgan fingerprint density at radius 2 is 1.77 bits per heavy atom. The molecule has 2 aromatic rings. The van der Waals surface area contributed by atoms with Crippen LogP contribution < -0.4 is 15.0 Å². The fourth-order valence-corrected chi connectivity index (χ4v) is 4.44. The topological polar surface area (TPSA) is 79.0 Å². The molecule has 1 saturated heterocycles. The van der Waals surface area contributed by atoms with E-state index in [2.05, 4.69) is 10.2 Å². The lowest BCUT2D eigenvalue weighted by molar-refractivity contribution is -0.122. The van der Waals surface area contributed by atoms with E-state index in [1.807, 2.05) is 18.2 Å². The van der Waals surface area contributed by atoms with Crippen LogP contribution in [-0.2, 0) is 14.8 Å². The number of rotatable bonds is 6. The number of carbonyl (C=O) groups excluding carboxylic acids is 1. The van der Waals surface area contributed by atoms with Gasteiger partial charge in [0.2, 0.25) is 10.0 Å². The number of hydrogen-bond donors (Lipinski definition) is 1. The van der Waals surface area contributed by atoms with Crippen LogP contribution in [0, 0.1) is 0 Å². The first-order valence-electron chi connectivity index (χ1n) is 9.37. The van der Waals surface area contributed by atoms with Gasteiger partial charge in [0.1, 0.15) is 5.75 Å². The van der Waals surface area contributed by atoms with Crippen molar-refractivity contribution in [3.63, 3.8) is 0 Å². The zero-order valence-electron chi connectivity index (χ0n) is 16.6. The van der Waals surface area contributed by atoms with Crippen molar-refractivity contribution in [2.24, 2.45) is 0 Å². The minimum Gasteiger partial charge on any atom is -0.479 e. The lowest BCUT2D eigenvalue weighted by Crippen LogP contribution is -2.48. The van der Waals surface area contributed by atoms with Crippen molar-refractivity contribution in [3.05, 3.63) is 52.5 Å². The van der Waals surface area contributed by atoms with Crippen LogP contribution in [0.2, 0.25) is 10.0 Å². The maximum absolute atomic E-state index is 12.7. The molecule has 0 aromatic heterocycles. The van der Waals surface area contributed by atoms with Crippen molar-refractivity contribution >= 4 is 50.5 Å². The number of piperazine rings is 1. The van der Waals surface area contributed by atoms with Crippen molar-refractivity contribution in [1.29, 1.82) is 0 Å². The summed E-state index contributed by atoms with van der Waals surface area (Å²) in [7, 11) is -3.21. The van der Waals surface area contributed by atoms with Crippen LogP contribution in [0.25, 0.3) is 0 Å². The molecule has 30 heavy (non-hydrogen) atoms. The van der Waals surface area contributed by atoms with E-state index in [1.165, 1.54) is 10.6 Å². The summed E-state index contributed by atoms with van der Waals surface area (Å²) in [5.41, 5.74) is 1.46. The number of halogens is 2. The lowest BCUT2D eigenvalue weighted by atomic mass is 10.2. The first kappa shape index (κ1) is 22.7. The second-order valence-electron chi connectivity index (χ2n) is 6.99. The number of anilines is 2. The van der Waals surface area contributed by atoms with Gasteiger partial charge in [-0.05, 0) is 37.3 Å². The molecule has 0 radical (unpaired) electrons. The quantitative estimate of drug-likeness (QED) is 0.697. The number of nitrogens with zero attached hydrogens (tertiary/aromatic N) is 2. The van der Waals surface area contributed by atoms with E-state index in [0.717, 1.165) is 5.69 Å². The molecule has 0 saturated carbocycles. The van der Waals surface area contributed by atoms with E-state index >= 15 is 0 Å².